The minimum atomic E-state index is -0.00556. The molecule has 0 atom stereocenters. The van der Waals surface area contributed by atoms with Crippen LogP contribution in [-0.2, 0) is 11.3 Å². The van der Waals surface area contributed by atoms with Crippen molar-refractivity contribution < 1.29 is 4.79 Å². The number of Topliss-reactive ketones (excluding diaryl/α,β-unsaturated/α-hetero) is 1. The van der Waals surface area contributed by atoms with Crippen LogP contribution in [-0.4, -0.2) is 10.4 Å². The van der Waals surface area contributed by atoms with Gasteiger partial charge in [0.25, 0.3) is 0 Å². The summed E-state index contributed by atoms with van der Waals surface area (Å²) in [5, 5.41) is 0. The van der Waals surface area contributed by atoms with Gasteiger partial charge in [0, 0.05) is 16.5 Å². The van der Waals surface area contributed by atoms with E-state index in [0.717, 1.165) is 23.4 Å². The normalized spacial score (nSPS) is 15.9. The summed E-state index contributed by atoms with van der Waals surface area (Å²) in [7, 11) is 0. The minimum Gasteiger partial charge on any atom is -0.297 e. The molecule has 1 aromatic rings. The fraction of sp³-hybridized carbons (Fsp3) is 0.600. The molecule has 14 heavy (non-hydrogen) atoms. The van der Waals surface area contributed by atoms with Crippen molar-refractivity contribution in [3.05, 3.63) is 20.2 Å². The van der Waals surface area contributed by atoms with Crippen LogP contribution in [0.1, 0.15) is 23.4 Å². The molecule has 1 heterocycles. The van der Waals surface area contributed by atoms with Crippen molar-refractivity contribution in [2.24, 2.45) is 5.92 Å². The maximum atomic E-state index is 11.5. The molecule has 0 aromatic carbocycles. The summed E-state index contributed by atoms with van der Waals surface area (Å²) in [5.41, 5.74) is 0.939. The van der Waals surface area contributed by atoms with Crippen molar-refractivity contribution >= 4 is 17.1 Å². The number of rotatable bonds is 3. The molecule has 0 aliphatic heterocycles. The molecule has 0 bridgehead atoms. The number of thiazole rings is 1. The SMILES string of the molecule is Cc1sc(=O)n(CC(=O)C2CC2)c1C. The van der Waals surface area contributed by atoms with Gasteiger partial charge in [-0.25, -0.2) is 0 Å². The van der Waals surface area contributed by atoms with Gasteiger partial charge in [0.05, 0.1) is 6.54 Å². The minimum absolute atomic E-state index is 0.00556. The molecule has 0 unspecified atom stereocenters. The fourth-order valence-corrected chi connectivity index (χ4v) is 2.29. The van der Waals surface area contributed by atoms with E-state index in [4.69, 9.17) is 0 Å². The third-order valence-electron chi connectivity index (χ3n) is 2.72. The molecule has 3 nitrogen and oxygen atoms in total. The van der Waals surface area contributed by atoms with Crippen LogP contribution in [0, 0.1) is 19.8 Å². The van der Waals surface area contributed by atoms with Crippen LogP contribution < -0.4 is 4.87 Å². The van der Waals surface area contributed by atoms with Crippen molar-refractivity contribution in [1.82, 2.24) is 4.57 Å². The third kappa shape index (κ3) is 1.66. The highest BCUT2D eigenvalue weighted by Crippen LogP contribution is 2.30. The van der Waals surface area contributed by atoms with Gasteiger partial charge in [-0.3, -0.25) is 14.2 Å². The number of aromatic nitrogens is 1. The highest BCUT2D eigenvalue weighted by atomic mass is 32.1. The lowest BCUT2D eigenvalue weighted by atomic mass is 10.2. The standard InChI is InChI=1S/C10H13NO2S/c1-6-7(2)14-10(13)11(6)5-9(12)8-3-4-8/h8H,3-5H2,1-2H3. The number of nitrogens with zero attached hydrogens (tertiary/aromatic N) is 1. The summed E-state index contributed by atoms with van der Waals surface area (Å²) in [6.07, 6.45) is 2.02. The Balaban J connectivity index is 2.23. The Morgan fingerprint density at radius 2 is 2.14 bits per heavy atom. The van der Waals surface area contributed by atoms with Crippen LogP contribution in [0.4, 0.5) is 0 Å². The van der Waals surface area contributed by atoms with E-state index in [1.165, 1.54) is 11.3 Å². The Labute approximate surface area is 86.4 Å². The first-order chi connectivity index (χ1) is 6.59. The van der Waals surface area contributed by atoms with E-state index in [1.54, 1.807) is 4.57 Å². The lowest BCUT2D eigenvalue weighted by Gasteiger charge is -2.02. The van der Waals surface area contributed by atoms with Crippen LogP contribution >= 0.6 is 11.3 Å². The lowest BCUT2D eigenvalue weighted by molar-refractivity contribution is -0.120. The second-order valence-corrected chi connectivity index (χ2v) is 5.00. The van der Waals surface area contributed by atoms with E-state index in [2.05, 4.69) is 0 Å². The first-order valence-corrected chi connectivity index (χ1v) is 5.61. The molecule has 0 radical (unpaired) electrons. The summed E-state index contributed by atoms with van der Waals surface area (Å²) >= 11 is 1.23. The smallest absolute Gasteiger partial charge is 0.297 e. The molecule has 0 saturated heterocycles. The number of carbonyl (C=O) groups is 1. The van der Waals surface area contributed by atoms with Crippen LogP contribution in [0.3, 0.4) is 0 Å². The molecular formula is C10H13NO2S. The van der Waals surface area contributed by atoms with Crippen molar-refractivity contribution in [2.45, 2.75) is 33.2 Å². The zero-order chi connectivity index (χ0) is 10.3. The van der Waals surface area contributed by atoms with Crippen LogP contribution in [0.25, 0.3) is 0 Å². The van der Waals surface area contributed by atoms with Gasteiger partial charge in [-0.05, 0) is 26.7 Å². The summed E-state index contributed by atoms with van der Waals surface area (Å²) in [5.74, 6) is 0.453. The van der Waals surface area contributed by atoms with Crippen molar-refractivity contribution in [2.75, 3.05) is 0 Å². The van der Waals surface area contributed by atoms with Gasteiger partial charge in [0.2, 0.25) is 0 Å². The van der Waals surface area contributed by atoms with Gasteiger partial charge in [-0.15, -0.1) is 0 Å². The Morgan fingerprint density at radius 1 is 1.50 bits per heavy atom. The second kappa shape index (κ2) is 3.35. The largest absolute Gasteiger partial charge is 0.307 e. The van der Waals surface area contributed by atoms with E-state index < -0.39 is 0 Å². The molecule has 76 valence electrons. The Kier molecular flexibility index (Phi) is 2.31. The number of aryl methyl sites for hydroxylation is 1. The monoisotopic (exact) mass is 211 g/mol. The van der Waals surface area contributed by atoms with E-state index in [9.17, 15) is 9.59 Å². The van der Waals surface area contributed by atoms with E-state index >= 15 is 0 Å². The molecule has 2 rings (SSSR count). The average molecular weight is 211 g/mol. The number of ketones is 1. The topological polar surface area (TPSA) is 39.1 Å². The summed E-state index contributed by atoms with van der Waals surface area (Å²) in [6, 6.07) is 0. The number of hydrogen-bond donors (Lipinski definition) is 0. The first kappa shape index (κ1) is 9.65. The lowest BCUT2D eigenvalue weighted by Crippen LogP contribution is -2.21. The summed E-state index contributed by atoms with van der Waals surface area (Å²) in [6.45, 7) is 4.09. The molecule has 4 heteroatoms. The second-order valence-electron chi connectivity index (χ2n) is 3.84. The van der Waals surface area contributed by atoms with Gasteiger partial charge in [0.1, 0.15) is 0 Å². The Bertz CT molecular complexity index is 426. The summed E-state index contributed by atoms with van der Waals surface area (Å²) < 4.78 is 1.60. The van der Waals surface area contributed by atoms with Gasteiger partial charge >= 0.3 is 4.87 Å². The van der Waals surface area contributed by atoms with Crippen LogP contribution in [0.5, 0.6) is 0 Å². The number of hydrogen-bond acceptors (Lipinski definition) is 3. The van der Waals surface area contributed by atoms with Gasteiger partial charge in [-0.1, -0.05) is 11.3 Å². The van der Waals surface area contributed by atoms with E-state index in [1.807, 2.05) is 13.8 Å². The van der Waals surface area contributed by atoms with Crippen LogP contribution in [0.2, 0.25) is 0 Å². The summed E-state index contributed by atoms with van der Waals surface area (Å²) in [4.78, 5) is 24.0. The maximum Gasteiger partial charge on any atom is 0.307 e. The quantitative estimate of drug-likeness (QED) is 0.760. The highest BCUT2D eigenvalue weighted by molar-refractivity contribution is 7.09. The molecule has 1 aliphatic rings. The molecular weight excluding hydrogens is 198 g/mol. The predicted octanol–water partition coefficient (Wildman–Crippen LogP) is 1.51. The van der Waals surface area contributed by atoms with E-state index in [-0.39, 0.29) is 23.1 Å². The van der Waals surface area contributed by atoms with Crippen molar-refractivity contribution in [3.63, 3.8) is 0 Å². The predicted molar refractivity (Wildman–Crippen MR) is 55.8 cm³/mol. The van der Waals surface area contributed by atoms with Gasteiger partial charge < -0.3 is 0 Å². The highest BCUT2D eigenvalue weighted by Gasteiger charge is 2.30. The first-order valence-electron chi connectivity index (χ1n) is 4.79. The van der Waals surface area contributed by atoms with Gasteiger partial charge in [-0.2, -0.15) is 0 Å². The zero-order valence-electron chi connectivity index (χ0n) is 8.37. The number of carbonyl (C=O) groups excluding carboxylic acids is 1. The Hall–Kier alpha value is -0.900. The average Bonchev–Trinajstić information content (AvgIpc) is 2.91. The molecule has 0 spiro atoms. The van der Waals surface area contributed by atoms with Gasteiger partial charge in [0.15, 0.2) is 5.78 Å². The molecule has 0 N–H and O–H groups in total. The maximum absolute atomic E-state index is 11.5. The molecule has 1 aliphatic carbocycles. The van der Waals surface area contributed by atoms with Crippen LogP contribution in [0.15, 0.2) is 4.79 Å². The molecule has 1 saturated carbocycles. The van der Waals surface area contributed by atoms with Crippen molar-refractivity contribution in [3.8, 4) is 0 Å². The molecule has 0 amide bonds. The molecule has 1 fully saturated rings. The Morgan fingerprint density at radius 3 is 2.57 bits per heavy atom. The van der Waals surface area contributed by atoms with Crippen molar-refractivity contribution in [1.29, 1.82) is 0 Å². The molecule has 1 aromatic heterocycles. The fourth-order valence-electron chi connectivity index (χ4n) is 1.46. The zero-order valence-corrected chi connectivity index (χ0v) is 9.19. The third-order valence-corrected chi connectivity index (χ3v) is 3.72. The van der Waals surface area contributed by atoms with E-state index in [0.29, 0.717) is 0 Å².